The molecule has 4 aromatic rings. The van der Waals surface area contributed by atoms with E-state index in [2.05, 4.69) is 0 Å². The van der Waals surface area contributed by atoms with Crippen LogP contribution in [0.25, 0.3) is 0 Å². The van der Waals surface area contributed by atoms with E-state index in [0.29, 0.717) is 25.7 Å². The molecule has 8 N–H and O–H groups in total. The molecule has 0 unspecified atom stereocenters. The molecule has 268 valence electrons. The quantitative estimate of drug-likeness (QED) is 0.107. The van der Waals surface area contributed by atoms with E-state index in [4.69, 9.17) is 22.9 Å². The van der Waals surface area contributed by atoms with Crippen molar-refractivity contribution in [3.8, 4) is 0 Å². The van der Waals surface area contributed by atoms with Crippen LogP contribution in [-0.2, 0) is 79.0 Å². The van der Waals surface area contributed by atoms with Crippen molar-refractivity contribution in [1.82, 2.24) is 0 Å². The molecule has 0 saturated heterocycles. The molecule has 0 aliphatic heterocycles. The first kappa shape index (κ1) is 47.8. The fraction of sp³-hybridized carbons (Fsp3) is 0.222. The molecular weight excluding hydrogens is 728 g/mol. The number of nitrogens with two attached hydrogens (primary N) is 4. The van der Waals surface area contributed by atoms with Gasteiger partial charge in [-0.25, -0.2) is 0 Å². The zero-order valence-electron chi connectivity index (χ0n) is 27.0. The Kier molecular flexibility index (Phi) is 26.2. The molecule has 0 spiro atoms. The maximum absolute atomic E-state index is 10.3. The third-order valence-corrected chi connectivity index (χ3v) is 6.40. The van der Waals surface area contributed by atoms with E-state index in [1.165, 1.54) is 0 Å². The fourth-order valence-electron chi connectivity index (χ4n) is 3.81. The van der Waals surface area contributed by atoms with Gasteiger partial charge in [-0.2, -0.15) is 0 Å². The topological polar surface area (TPSA) is 265 Å². The molecule has 0 heterocycles. The number of carboxylic acids is 4. The predicted molar refractivity (Wildman–Crippen MR) is 173 cm³/mol. The van der Waals surface area contributed by atoms with Crippen molar-refractivity contribution in [2.24, 2.45) is 22.9 Å². The average molecular weight is 768 g/mol. The van der Waals surface area contributed by atoms with Crippen LogP contribution in [0.1, 0.15) is 22.3 Å². The van der Waals surface area contributed by atoms with Gasteiger partial charge in [0.25, 0.3) is 0 Å². The van der Waals surface area contributed by atoms with E-state index in [9.17, 15) is 39.6 Å². The van der Waals surface area contributed by atoms with Crippen LogP contribution in [0.4, 0.5) is 0 Å². The number of benzene rings is 4. The van der Waals surface area contributed by atoms with E-state index < -0.39 is 48.0 Å². The predicted octanol–water partition coefficient (Wildman–Crippen LogP) is -2.78. The Bertz CT molecular complexity index is 1280. The number of hydrogen-bond donors (Lipinski definition) is 4. The standard InChI is InChI=1S/4C9H11NO2.2Fe/c4*10-8(9(11)12)6-7-4-2-1-3-5-7;;/h4*1-5,8H,6,10H2,(H,11,12);;/q;;;;2*+2/p-4/t4*8-;;/m0000../s1. The van der Waals surface area contributed by atoms with Crippen LogP contribution < -0.4 is 43.4 Å². The minimum atomic E-state index is -1.21. The van der Waals surface area contributed by atoms with Crippen LogP contribution in [-0.4, -0.2) is 48.0 Å². The molecule has 0 aliphatic carbocycles. The first-order valence-corrected chi connectivity index (χ1v) is 14.8. The molecule has 14 heteroatoms. The smallest absolute Gasteiger partial charge is 0.548 e. The Labute approximate surface area is 312 Å². The van der Waals surface area contributed by atoms with Gasteiger partial charge < -0.3 is 62.5 Å². The van der Waals surface area contributed by atoms with E-state index in [0.717, 1.165) is 22.3 Å². The van der Waals surface area contributed by atoms with Gasteiger partial charge in [-0.15, -0.1) is 0 Å². The monoisotopic (exact) mass is 768 g/mol. The minimum absolute atomic E-state index is 0. The van der Waals surface area contributed by atoms with Gasteiger partial charge in [0, 0.05) is 24.2 Å². The molecule has 12 nitrogen and oxygen atoms in total. The van der Waals surface area contributed by atoms with E-state index in [1.54, 1.807) is 0 Å². The maximum Gasteiger partial charge on any atom is 2.00 e. The van der Waals surface area contributed by atoms with Crippen LogP contribution in [0.3, 0.4) is 0 Å². The molecule has 0 fully saturated rings. The first-order valence-electron chi connectivity index (χ1n) is 14.8. The van der Waals surface area contributed by atoms with Gasteiger partial charge >= 0.3 is 34.1 Å². The summed E-state index contributed by atoms with van der Waals surface area (Å²) >= 11 is 0. The molecule has 4 rings (SSSR count). The number of carbonyl (C=O) groups is 4. The Morgan fingerprint density at radius 2 is 0.500 bits per heavy atom. The Hall–Kier alpha value is -4.36. The molecule has 0 aromatic heterocycles. The van der Waals surface area contributed by atoms with Gasteiger partial charge in [0.1, 0.15) is 0 Å². The Morgan fingerprint density at radius 1 is 0.360 bits per heavy atom. The molecule has 0 aliphatic rings. The summed E-state index contributed by atoms with van der Waals surface area (Å²) in [5, 5.41) is 41.1. The van der Waals surface area contributed by atoms with Gasteiger partial charge in [-0.05, 0) is 47.9 Å². The van der Waals surface area contributed by atoms with Crippen molar-refractivity contribution in [3.05, 3.63) is 144 Å². The van der Waals surface area contributed by atoms with Gasteiger partial charge in [0.15, 0.2) is 0 Å². The number of hydrogen-bond acceptors (Lipinski definition) is 12. The third-order valence-electron chi connectivity index (χ3n) is 6.40. The molecule has 4 aromatic carbocycles. The summed E-state index contributed by atoms with van der Waals surface area (Å²) in [6, 6.07) is 33.3. The zero-order valence-corrected chi connectivity index (χ0v) is 29.2. The van der Waals surface area contributed by atoms with Crippen molar-refractivity contribution in [1.29, 1.82) is 0 Å². The SMILES string of the molecule is N[C@@H](Cc1ccccc1)C(=O)[O-].N[C@@H](Cc1ccccc1)C(=O)[O-].N[C@@H](Cc1ccccc1)C(=O)[O-].N[C@@H](Cc1ccccc1)C(=O)[O-].[Fe+2].[Fe+2]. The van der Waals surface area contributed by atoms with Crippen LogP contribution in [0.5, 0.6) is 0 Å². The van der Waals surface area contributed by atoms with Gasteiger partial charge in [0.2, 0.25) is 0 Å². The van der Waals surface area contributed by atoms with Crippen LogP contribution in [0, 0.1) is 0 Å². The molecule has 0 radical (unpaired) electrons. The number of aliphatic carboxylic acids is 4. The fourth-order valence-corrected chi connectivity index (χ4v) is 3.81. The second kappa shape index (κ2) is 27.5. The van der Waals surface area contributed by atoms with Gasteiger partial charge in [-0.3, -0.25) is 0 Å². The molecule has 0 saturated carbocycles. The van der Waals surface area contributed by atoms with Crippen LogP contribution in [0.15, 0.2) is 121 Å². The van der Waals surface area contributed by atoms with Gasteiger partial charge in [0.05, 0.1) is 23.9 Å². The summed E-state index contributed by atoms with van der Waals surface area (Å²) < 4.78 is 0. The van der Waals surface area contributed by atoms with Crippen molar-refractivity contribution >= 4 is 23.9 Å². The molecule has 50 heavy (non-hydrogen) atoms. The summed E-state index contributed by atoms with van der Waals surface area (Å²) in [6.07, 6.45) is 1.29. The third kappa shape index (κ3) is 22.3. The van der Waals surface area contributed by atoms with Gasteiger partial charge in [-0.1, -0.05) is 121 Å². The zero-order chi connectivity index (χ0) is 35.9. The summed E-state index contributed by atoms with van der Waals surface area (Å²) in [5.41, 5.74) is 24.8. The second-order valence-corrected chi connectivity index (χ2v) is 10.5. The van der Waals surface area contributed by atoms with E-state index in [-0.39, 0.29) is 34.1 Å². The van der Waals surface area contributed by atoms with Crippen molar-refractivity contribution in [2.45, 2.75) is 49.9 Å². The molecule has 4 atom stereocenters. The maximum atomic E-state index is 10.3. The second-order valence-electron chi connectivity index (χ2n) is 10.5. The number of carbonyl (C=O) groups excluding carboxylic acids is 4. The summed E-state index contributed by atoms with van der Waals surface area (Å²) in [7, 11) is 0. The van der Waals surface area contributed by atoms with Crippen molar-refractivity contribution in [3.63, 3.8) is 0 Å². The van der Waals surface area contributed by atoms with Crippen LogP contribution >= 0.6 is 0 Å². The largest absolute Gasteiger partial charge is 2.00 e. The first-order chi connectivity index (χ1) is 22.8. The molecular formula is C36H40Fe2N4O8. The van der Waals surface area contributed by atoms with Crippen LogP contribution in [0.2, 0.25) is 0 Å². The molecule has 0 bridgehead atoms. The summed E-state index contributed by atoms with van der Waals surface area (Å²) in [4.78, 5) is 41.1. The Balaban J connectivity index is 0. The summed E-state index contributed by atoms with van der Waals surface area (Å²) in [6.45, 7) is 0. The Morgan fingerprint density at radius 3 is 0.620 bits per heavy atom. The number of carboxylic acid groups (broad SMARTS) is 4. The average Bonchev–Trinajstić information content (AvgIpc) is 3.07. The normalized spacial score (nSPS) is 11.9. The molecule has 0 amide bonds. The number of rotatable bonds is 12. The summed E-state index contributed by atoms with van der Waals surface area (Å²) in [5.74, 6) is -4.84. The van der Waals surface area contributed by atoms with Crippen molar-refractivity contribution < 1.29 is 73.7 Å². The van der Waals surface area contributed by atoms with E-state index >= 15 is 0 Å². The minimum Gasteiger partial charge on any atom is -0.548 e. The van der Waals surface area contributed by atoms with Crippen molar-refractivity contribution in [2.75, 3.05) is 0 Å². The van der Waals surface area contributed by atoms with E-state index in [1.807, 2.05) is 121 Å².